The van der Waals surface area contributed by atoms with E-state index in [0.29, 0.717) is 5.92 Å². The topological polar surface area (TPSA) is 54.3 Å². The van der Waals surface area contributed by atoms with Gasteiger partial charge in [0.2, 0.25) is 0 Å². The molecule has 17 heavy (non-hydrogen) atoms. The number of carbonyl (C=O) groups excluding carboxylic acids is 1. The number of carbonyl (C=O) groups is 1. The Morgan fingerprint density at radius 2 is 2.35 bits per heavy atom. The summed E-state index contributed by atoms with van der Waals surface area (Å²) in [6.45, 7) is 5.08. The Kier molecular flexibility index (Phi) is 2.22. The standard InChI is InChI=1S/C11H17N5O/c1-9-5-14(2)6-11(9)3-4-15(11)10(17)16-8-12-7-13-16/h7-9H,3-6H2,1-2H3. The van der Waals surface area contributed by atoms with Crippen molar-refractivity contribution in [1.82, 2.24) is 24.6 Å². The predicted molar refractivity (Wildman–Crippen MR) is 61.5 cm³/mol. The number of hydrogen-bond donors (Lipinski definition) is 0. The molecule has 0 saturated carbocycles. The second-order valence-corrected chi connectivity index (χ2v) is 5.23. The second-order valence-electron chi connectivity index (χ2n) is 5.23. The van der Waals surface area contributed by atoms with Crippen molar-refractivity contribution < 1.29 is 4.79 Å². The molecule has 92 valence electrons. The van der Waals surface area contributed by atoms with Gasteiger partial charge in [0, 0.05) is 19.6 Å². The lowest BCUT2D eigenvalue weighted by Gasteiger charge is -2.52. The first kappa shape index (κ1) is 10.7. The highest BCUT2D eigenvalue weighted by Crippen LogP contribution is 2.42. The predicted octanol–water partition coefficient (Wildman–Crippen LogP) is 0.272. The van der Waals surface area contributed by atoms with Crippen molar-refractivity contribution in [1.29, 1.82) is 0 Å². The molecule has 2 atom stereocenters. The number of aromatic nitrogens is 3. The lowest BCUT2D eigenvalue weighted by Crippen LogP contribution is -2.66. The molecule has 2 saturated heterocycles. The molecule has 0 bridgehead atoms. The van der Waals surface area contributed by atoms with Crippen molar-refractivity contribution in [3.8, 4) is 0 Å². The van der Waals surface area contributed by atoms with Crippen LogP contribution >= 0.6 is 0 Å². The summed E-state index contributed by atoms with van der Waals surface area (Å²) >= 11 is 0. The van der Waals surface area contributed by atoms with E-state index in [0.717, 1.165) is 26.1 Å². The Morgan fingerprint density at radius 3 is 2.82 bits per heavy atom. The fourth-order valence-electron chi connectivity index (χ4n) is 3.23. The molecule has 0 radical (unpaired) electrons. The third kappa shape index (κ3) is 1.40. The van der Waals surface area contributed by atoms with E-state index in [9.17, 15) is 4.79 Å². The Balaban J connectivity index is 1.84. The van der Waals surface area contributed by atoms with Crippen LogP contribution in [0.2, 0.25) is 0 Å². The second kappa shape index (κ2) is 3.53. The summed E-state index contributed by atoms with van der Waals surface area (Å²) in [6, 6.07) is -0.0455. The molecule has 0 N–H and O–H groups in total. The van der Waals surface area contributed by atoms with E-state index in [-0.39, 0.29) is 11.6 Å². The number of likely N-dealkylation sites (N-methyl/N-ethyl adjacent to an activating group) is 1. The molecule has 1 aromatic rings. The molecule has 6 nitrogen and oxygen atoms in total. The average molecular weight is 235 g/mol. The van der Waals surface area contributed by atoms with Crippen molar-refractivity contribution in [3.63, 3.8) is 0 Å². The monoisotopic (exact) mass is 235 g/mol. The Labute approximate surface area is 100 Å². The first-order valence-electron chi connectivity index (χ1n) is 5.99. The first-order chi connectivity index (χ1) is 8.13. The quantitative estimate of drug-likeness (QED) is 0.648. The molecule has 1 aromatic heterocycles. The van der Waals surface area contributed by atoms with Gasteiger partial charge in [0.1, 0.15) is 12.7 Å². The maximum absolute atomic E-state index is 12.3. The lowest BCUT2D eigenvalue weighted by molar-refractivity contribution is 0.00605. The lowest BCUT2D eigenvalue weighted by atomic mass is 9.77. The maximum atomic E-state index is 12.3. The van der Waals surface area contributed by atoms with Crippen LogP contribution in [0.1, 0.15) is 13.3 Å². The number of hydrogen-bond acceptors (Lipinski definition) is 4. The number of nitrogens with zero attached hydrogens (tertiary/aromatic N) is 5. The number of rotatable bonds is 0. The third-order valence-electron chi connectivity index (χ3n) is 4.20. The van der Waals surface area contributed by atoms with Gasteiger partial charge in [-0.15, -0.1) is 0 Å². The Hall–Kier alpha value is -1.43. The summed E-state index contributed by atoms with van der Waals surface area (Å²) in [5.74, 6) is 0.522. The zero-order valence-corrected chi connectivity index (χ0v) is 10.2. The van der Waals surface area contributed by atoms with Gasteiger partial charge in [0.25, 0.3) is 0 Å². The van der Waals surface area contributed by atoms with Gasteiger partial charge >= 0.3 is 6.03 Å². The summed E-state index contributed by atoms with van der Waals surface area (Å²) in [6.07, 6.45) is 3.96. The van der Waals surface area contributed by atoms with Gasteiger partial charge in [-0.2, -0.15) is 9.78 Å². The number of amides is 1. The Morgan fingerprint density at radius 1 is 1.53 bits per heavy atom. The first-order valence-corrected chi connectivity index (χ1v) is 5.99. The summed E-state index contributed by atoms with van der Waals surface area (Å²) < 4.78 is 1.33. The van der Waals surface area contributed by atoms with Gasteiger partial charge in [0.15, 0.2) is 0 Å². The molecule has 1 spiro atoms. The molecule has 2 fully saturated rings. The van der Waals surface area contributed by atoms with Crippen LogP contribution in [0.25, 0.3) is 0 Å². The van der Waals surface area contributed by atoms with E-state index < -0.39 is 0 Å². The summed E-state index contributed by atoms with van der Waals surface area (Å²) in [7, 11) is 2.11. The van der Waals surface area contributed by atoms with Gasteiger partial charge in [-0.3, -0.25) is 0 Å². The van der Waals surface area contributed by atoms with Crippen LogP contribution in [0.3, 0.4) is 0 Å². The Bertz CT molecular complexity index is 431. The molecule has 2 aliphatic heterocycles. The van der Waals surface area contributed by atoms with Crippen LogP contribution in [0.4, 0.5) is 4.79 Å². The highest BCUT2D eigenvalue weighted by atomic mass is 16.2. The molecule has 0 aliphatic carbocycles. The van der Waals surface area contributed by atoms with Crippen LogP contribution in [0, 0.1) is 5.92 Å². The third-order valence-corrected chi connectivity index (χ3v) is 4.20. The summed E-state index contributed by atoms with van der Waals surface area (Å²) in [5, 5.41) is 3.92. The fraction of sp³-hybridized carbons (Fsp3) is 0.727. The summed E-state index contributed by atoms with van der Waals surface area (Å²) in [4.78, 5) is 20.3. The molecule has 3 heterocycles. The van der Waals surface area contributed by atoms with Crippen LogP contribution in [-0.4, -0.2) is 62.8 Å². The molecular weight excluding hydrogens is 218 g/mol. The van der Waals surface area contributed by atoms with Crippen LogP contribution < -0.4 is 0 Å². The van der Waals surface area contributed by atoms with E-state index in [1.165, 1.54) is 17.3 Å². The van der Waals surface area contributed by atoms with E-state index in [1.54, 1.807) is 0 Å². The number of likely N-dealkylation sites (tertiary alicyclic amines) is 2. The normalized spacial score (nSPS) is 33.1. The largest absolute Gasteiger partial charge is 0.346 e. The molecule has 1 amide bonds. The van der Waals surface area contributed by atoms with Crippen LogP contribution in [-0.2, 0) is 0 Å². The smallest absolute Gasteiger partial charge is 0.315 e. The zero-order valence-electron chi connectivity index (χ0n) is 10.2. The van der Waals surface area contributed by atoms with E-state index in [2.05, 4.69) is 29.0 Å². The van der Waals surface area contributed by atoms with Crippen molar-refractivity contribution in [2.75, 3.05) is 26.7 Å². The van der Waals surface area contributed by atoms with Crippen molar-refractivity contribution >= 4 is 6.03 Å². The van der Waals surface area contributed by atoms with Gasteiger partial charge in [-0.05, 0) is 19.4 Å². The SMILES string of the molecule is CC1CN(C)CC12CCN2C(=O)n1cncn1. The minimum Gasteiger partial charge on any atom is -0.315 e. The van der Waals surface area contributed by atoms with Gasteiger partial charge < -0.3 is 9.80 Å². The van der Waals surface area contributed by atoms with Crippen LogP contribution in [0.15, 0.2) is 12.7 Å². The van der Waals surface area contributed by atoms with Crippen molar-refractivity contribution in [2.24, 2.45) is 5.92 Å². The minimum atomic E-state index is -0.0455. The zero-order chi connectivity index (χ0) is 12.0. The van der Waals surface area contributed by atoms with Gasteiger partial charge in [0.05, 0.1) is 5.54 Å². The van der Waals surface area contributed by atoms with E-state index in [4.69, 9.17) is 0 Å². The van der Waals surface area contributed by atoms with Crippen molar-refractivity contribution in [2.45, 2.75) is 18.9 Å². The van der Waals surface area contributed by atoms with E-state index in [1.807, 2.05) is 4.90 Å². The molecule has 2 aliphatic rings. The molecule has 6 heteroatoms. The minimum absolute atomic E-state index is 0.0256. The molecular formula is C11H17N5O. The summed E-state index contributed by atoms with van der Waals surface area (Å²) in [5.41, 5.74) is 0.0256. The van der Waals surface area contributed by atoms with Gasteiger partial charge in [-0.25, -0.2) is 9.78 Å². The van der Waals surface area contributed by atoms with Gasteiger partial charge in [-0.1, -0.05) is 6.92 Å². The van der Waals surface area contributed by atoms with E-state index >= 15 is 0 Å². The molecule has 0 aromatic carbocycles. The fourth-order valence-corrected chi connectivity index (χ4v) is 3.23. The van der Waals surface area contributed by atoms with Crippen molar-refractivity contribution in [3.05, 3.63) is 12.7 Å². The van der Waals surface area contributed by atoms with Crippen LogP contribution in [0.5, 0.6) is 0 Å². The highest BCUT2D eigenvalue weighted by molar-refractivity contribution is 5.77. The average Bonchev–Trinajstić information content (AvgIpc) is 2.84. The molecule has 2 unspecified atom stereocenters. The maximum Gasteiger partial charge on any atom is 0.346 e. The molecule has 3 rings (SSSR count). The highest BCUT2D eigenvalue weighted by Gasteiger charge is 2.55.